The van der Waals surface area contributed by atoms with Crippen LogP contribution in [0.25, 0.3) is 11.4 Å². The Morgan fingerprint density at radius 2 is 1.95 bits per heavy atom. The van der Waals surface area contributed by atoms with Crippen molar-refractivity contribution in [2.75, 3.05) is 0 Å². The molecule has 2 heterocycles. The Morgan fingerprint density at radius 3 is 2.47 bits per heavy atom. The number of carboxylic acids is 1. The number of carbonyl (C=O) groups is 1. The summed E-state index contributed by atoms with van der Waals surface area (Å²) in [7, 11) is 0. The molecule has 0 fully saturated rings. The Hall–Kier alpha value is -2.38. The first kappa shape index (κ1) is 13.1. The predicted octanol–water partition coefficient (Wildman–Crippen LogP) is 0.730. The van der Waals surface area contributed by atoms with Gasteiger partial charge in [0.2, 0.25) is 0 Å². The SMILES string of the molecule is CCC(CC)(C(=O)O)n1nnnc1-c1cncnc1. The van der Waals surface area contributed by atoms with Gasteiger partial charge in [0.25, 0.3) is 0 Å². The van der Waals surface area contributed by atoms with Gasteiger partial charge in [-0.15, -0.1) is 5.10 Å². The van der Waals surface area contributed by atoms with Gasteiger partial charge in [-0.05, 0) is 23.3 Å². The number of hydrogen-bond acceptors (Lipinski definition) is 6. The molecule has 0 radical (unpaired) electrons. The molecule has 0 spiro atoms. The highest BCUT2D eigenvalue weighted by atomic mass is 16.4. The van der Waals surface area contributed by atoms with Crippen LogP contribution in [0.1, 0.15) is 26.7 Å². The molecule has 100 valence electrons. The zero-order valence-electron chi connectivity index (χ0n) is 10.7. The van der Waals surface area contributed by atoms with Crippen LogP contribution in [0.5, 0.6) is 0 Å². The van der Waals surface area contributed by atoms with E-state index in [0.29, 0.717) is 24.2 Å². The maximum Gasteiger partial charge on any atom is 0.331 e. The van der Waals surface area contributed by atoms with E-state index < -0.39 is 11.5 Å². The van der Waals surface area contributed by atoms with Crippen LogP contribution in [0.4, 0.5) is 0 Å². The lowest BCUT2D eigenvalue weighted by Gasteiger charge is -2.27. The molecule has 0 amide bonds. The minimum atomic E-state index is -1.16. The van der Waals surface area contributed by atoms with Crippen LogP contribution >= 0.6 is 0 Å². The average molecular weight is 262 g/mol. The molecule has 0 atom stereocenters. The van der Waals surface area contributed by atoms with Crippen molar-refractivity contribution < 1.29 is 9.90 Å². The van der Waals surface area contributed by atoms with E-state index in [4.69, 9.17) is 0 Å². The van der Waals surface area contributed by atoms with E-state index in [-0.39, 0.29) is 0 Å². The number of tetrazole rings is 1. The summed E-state index contributed by atoms with van der Waals surface area (Å²) in [6, 6.07) is 0. The molecular formula is C11H14N6O2. The zero-order chi connectivity index (χ0) is 13.9. The van der Waals surface area contributed by atoms with E-state index in [1.54, 1.807) is 26.2 Å². The fourth-order valence-electron chi connectivity index (χ4n) is 2.01. The summed E-state index contributed by atoms with van der Waals surface area (Å²) in [6.45, 7) is 3.59. The lowest BCUT2D eigenvalue weighted by atomic mass is 9.93. The molecule has 19 heavy (non-hydrogen) atoms. The third kappa shape index (κ3) is 2.05. The number of aromatic nitrogens is 6. The van der Waals surface area contributed by atoms with Gasteiger partial charge in [-0.1, -0.05) is 13.8 Å². The Balaban J connectivity index is 2.58. The van der Waals surface area contributed by atoms with Crippen molar-refractivity contribution in [2.24, 2.45) is 0 Å². The smallest absolute Gasteiger partial charge is 0.331 e. The Labute approximate surface area is 109 Å². The van der Waals surface area contributed by atoms with Gasteiger partial charge in [0.15, 0.2) is 11.4 Å². The molecule has 0 saturated carbocycles. The van der Waals surface area contributed by atoms with Crippen LogP contribution in [0.15, 0.2) is 18.7 Å². The van der Waals surface area contributed by atoms with Gasteiger partial charge in [-0.2, -0.15) is 0 Å². The largest absolute Gasteiger partial charge is 0.479 e. The van der Waals surface area contributed by atoms with Crippen LogP contribution in [-0.4, -0.2) is 41.3 Å². The quantitative estimate of drug-likeness (QED) is 0.846. The van der Waals surface area contributed by atoms with Gasteiger partial charge in [0.05, 0.1) is 5.56 Å². The molecule has 8 nitrogen and oxygen atoms in total. The van der Waals surface area contributed by atoms with Crippen molar-refractivity contribution in [2.45, 2.75) is 32.2 Å². The van der Waals surface area contributed by atoms with E-state index >= 15 is 0 Å². The molecule has 0 aliphatic rings. The van der Waals surface area contributed by atoms with Crippen LogP contribution in [0.3, 0.4) is 0 Å². The fourth-order valence-corrected chi connectivity index (χ4v) is 2.01. The van der Waals surface area contributed by atoms with Crippen LogP contribution in [-0.2, 0) is 10.3 Å². The highest BCUT2D eigenvalue weighted by molar-refractivity contribution is 5.77. The van der Waals surface area contributed by atoms with Crippen molar-refractivity contribution >= 4 is 5.97 Å². The molecule has 2 aromatic rings. The Morgan fingerprint density at radius 1 is 1.32 bits per heavy atom. The van der Waals surface area contributed by atoms with Crippen LogP contribution < -0.4 is 0 Å². The molecule has 2 aromatic heterocycles. The first-order valence-electron chi connectivity index (χ1n) is 5.93. The van der Waals surface area contributed by atoms with Gasteiger partial charge in [-0.3, -0.25) is 0 Å². The second-order valence-corrected chi connectivity index (χ2v) is 4.09. The first-order valence-corrected chi connectivity index (χ1v) is 5.93. The van der Waals surface area contributed by atoms with Crippen LogP contribution in [0, 0.1) is 0 Å². The van der Waals surface area contributed by atoms with Crippen molar-refractivity contribution in [1.29, 1.82) is 0 Å². The Kier molecular flexibility index (Phi) is 3.50. The summed E-state index contributed by atoms with van der Waals surface area (Å²) in [5, 5.41) is 20.8. The molecule has 0 aliphatic heterocycles. The highest BCUT2D eigenvalue weighted by Crippen LogP contribution is 2.28. The summed E-state index contributed by atoms with van der Waals surface area (Å²) >= 11 is 0. The molecule has 1 N–H and O–H groups in total. The summed E-state index contributed by atoms with van der Waals surface area (Å²) in [5.41, 5.74) is -0.575. The van der Waals surface area contributed by atoms with E-state index in [1.807, 2.05) is 0 Å². The first-order chi connectivity index (χ1) is 9.15. The molecule has 0 bridgehead atoms. The van der Waals surface area contributed by atoms with Crippen molar-refractivity contribution in [3.05, 3.63) is 18.7 Å². The minimum absolute atomic E-state index is 0.353. The Bertz CT molecular complexity index is 564. The normalized spacial score (nSPS) is 11.5. The van der Waals surface area contributed by atoms with E-state index in [2.05, 4.69) is 25.5 Å². The molecule has 2 rings (SSSR count). The van der Waals surface area contributed by atoms with Gasteiger partial charge in [0, 0.05) is 12.4 Å². The third-order valence-corrected chi connectivity index (χ3v) is 3.26. The maximum absolute atomic E-state index is 11.6. The predicted molar refractivity (Wildman–Crippen MR) is 65.0 cm³/mol. The number of hydrogen-bond donors (Lipinski definition) is 1. The van der Waals surface area contributed by atoms with Crippen molar-refractivity contribution in [3.8, 4) is 11.4 Å². The molecule has 0 aliphatic carbocycles. The van der Waals surface area contributed by atoms with Crippen molar-refractivity contribution in [3.63, 3.8) is 0 Å². The second-order valence-electron chi connectivity index (χ2n) is 4.09. The van der Waals surface area contributed by atoms with Gasteiger partial charge in [-0.25, -0.2) is 19.4 Å². The minimum Gasteiger partial charge on any atom is -0.479 e. The molecule has 0 aromatic carbocycles. The summed E-state index contributed by atoms with van der Waals surface area (Å²) in [6.07, 6.45) is 5.25. The van der Waals surface area contributed by atoms with E-state index in [9.17, 15) is 9.90 Å². The summed E-state index contributed by atoms with van der Waals surface area (Å²) in [5.74, 6) is -0.602. The van der Waals surface area contributed by atoms with E-state index in [0.717, 1.165) is 0 Å². The second kappa shape index (κ2) is 5.09. The number of carboxylic acid groups (broad SMARTS) is 1. The fraction of sp³-hybridized carbons (Fsp3) is 0.455. The molecule has 8 heteroatoms. The van der Waals surface area contributed by atoms with Crippen LogP contribution in [0.2, 0.25) is 0 Å². The number of rotatable bonds is 5. The molecule has 0 unspecified atom stereocenters. The third-order valence-electron chi connectivity index (χ3n) is 3.26. The lowest BCUT2D eigenvalue weighted by Crippen LogP contribution is -2.42. The number of aliphatic carboxylic acids is 1. The van der Waals surface area contributed by atoms with Crippen molar-refractivity contribution in [1.82, 2.24) is 30.2 Å². The van der Waals surface area contributed by atoms with Gasteiger partial charge in [0.1, 0.15) is 6.33 Å². The standard InChI is InChI=1S/C11H14N6O2/c1-3-11(4-2,10(18)19)17-9(14-15-16-17)8-5-12-7-13-6-8/h5-7H,3-4H2,1-2H3,(H,18,19). The summed E-state index contributed by atoms with van der Waals surface area (Å²) < 4.78 is 1.34. The van der Waals surface area contributed by atoms with Gasteiger partial charge < -0.3 is 5.11 Å². The summed E-state index contributed by atoms with van der Waals surface area (Å²) in [4.78, 5) is 19.4. The molecule has 0 saturated heterocycles. The molecular weight excluding hydrogens is 248 g/mol. The topological polar surface area (TPSA) is 107 Å². The number of nitrogens with zero attached hydrogens (tertiary/aromatic N) is 6. The maximum atomic E-state index is 11.6. The van der Waals surface area contributed by atoms with Gasteiger partial charge >= 0.3 is 5.97 Å². The average Bonchev–Trinajstić information content (AvgIpc) is 2.91. The van der Waals surface area contributed by atoms with E-state index in [1.165, 1.54) is 11.0 Å². The zero-order valence-corrected chi connectivity index (χ0v) is 10.7. The lowest BCUT2D eigenvalue weighted by molar-refractivity contribution is -0.148. The highest BCUT2D eigenvalue weighted by Gasteiger charge is 2.40. The monoisotopic (exact) mass is 262 g/mol.